The minimum absolute atomic E-state index is 0.0146. The maximum Gasteiger partial charge on any atom is 0.222 e. The second kappa shape index (κ2) is 56.2. The fourth-order valence-electron chi connectivity index (χ4n) is 9.37. The first kappa shape index (κ1) is 64.6. The van der Waals surface area contributed by atoms with Crippen LogP contribution < -0.4 is 5.32 Å². The lowest BCUT2D eigenvalue weighted by Gasteiger charge is -2.21. The van der Waals surface area contributed by atoms with Crippen molar-refractivity contribution in [1.29, 1.82) is 0 Å². The molecule has 66 heavy (non-hydrogen) atoms. The van der Waals surface area contributed by atoms with Gasteiger partial charge in [0.2, 0.25) is 5.91 Å². The van der Waals surface area contributed by atoms with E-state index in [-0.39, 0.29) is 18.9 Å². The number of hydrogen-bond donors (Lipinski definition) is 4. The maximum absolute atomic E-state index is 12.5. The summed E-state index contributed by atoms with van der Waals surface area (Å²) in [4.78, 5) is 12.5. The molecule has 5 nitrogen and oxygen atoms in total. The lowest BCUT2D eigenvalue weighted by Crippen LogP contribution is -2.45. The predicted molar refractivity (Wildman–Crippen MR) is 291 cm³/mol. The van der Waals surface area contributed by atoms with E-state index < -0.39 is 18.2 Å². The minimum atomic E-state index is -0.930. The summed E-state index contributed by atoms with van der Waals surface area (Å²) in [5.74, 6) is -0.312. The number of nitrogens with one attached hydrogen (secondary N) is 1. The number of carbonyl (C=O) groups excluding carboxylic acids is 1. The molecular weight excluding hydrogens is 811 g/mol. The summed E-state index contributed by atoms with van der Waals surface area (Å²) < 4.78 is 0. The van der Waals surface area contributed by atoms with Gasteiger partial charge in [0.25, 0.3) is 0 Å². The van der Waals surface area contributed by atoms with E-state index in [0.717, 1.165) is 32.1 Å². The summed E-state index contributed by atoms with van der Waals surface area (Å²) in [6.45, 7) is 4.25. The molecule has 0 rings (SSSR count). The Hall–Kier alpha value is -1.43. The van der Waals surface area contributed by atoms with Crippen LogP contribution in [-0.4, -0.2) is 46.1 Å². The molecule has 0 heterocycles. The van der Waals surface area contributed by atoms with E-state index >= 15 is 0 Å². The van der Waals surface area contributed by atoms with Gasteiger partial charge < -0.3 is 20.6 Å². The monoisotopic (exact) mass is 928 g/mol. The van der Waals surface area contributed by atoms with Gasteiger partial charge in [-0.3, -0.25) is 4.79 Å². The van der Waals surface area contributed by atoms with E-state index in [1.165, 1.54) is 263 Å². The molecule has 0 saturated carbocycles. The van der Waals surface area contributed by atoms with Crippen molar-refractivity contribution in [3.63, 3.8) is 0 Å². The molecule has 1 amide bonds. The molecule has 3 atom stereocenters. The SMILES string of the molecule is CCCCCCCCCCC/C=C\C/C=C\CCCCCCCCCCCCCCCC(O)CC(=O)NC(CO)C(O)/C=C/CCCCCCCCCCCCCCCCCCCCCC. The molecular formula is C61H117NO4. The van der Waals surface area contributed by atoms with E-state index in [4.69, 9.17) is 0 Å². The summed E-state index contributed by atoms with van der Waals surface area (Å²) in [5.41, 5.74) is 0. The van der Waals surface area contributed by atoms with Gasteiger partial charge in [0.15, 0.2) is 0 Å². The smallest absolute Gasteiger partial charge is 0.222 e. The van der Waals surface area contributed by atoms with Gasteiger partial charge in [-0.15, -0.1) is 0 Å². The minimum Gasteiger partial charge on any atom is -0.394 e. The summed E-state index contributed by atoms with van der Waals surface area (Å²) in [6.07, 6.45) is 73.4. The molecule has 0 bridgehead atoms. The number of aliphatic hydroxyl groups is 3. The molecule has 0 aromatic rings. The zero-order valence-corrected chi connectivity index (χ0v) is 44.6. The Labute approximate surface area is 413 Å². The average Bonchev–Trinajstić information content (AvgIpc) is 3.31. The van der Waals surface area contributed by atoms with Crippen LogP contribution in [0.2, 0.25) is 0 Å². The number of unbranched alkanes of at least 4 members (excludes halogenated alkanes) is 42. The third-order valence-corrected chi connectivity index (χ3v) is 13.9. The van der Waals surface area contributed by atoms with Crippen LogP contribution in [0, 0.1) is 0 Å². The van der Waals surface area contributed by atoms with Crippen LogP contribution in [0.1, 0.15) is 322 Å². The molecule has 4 N–H and O–H groups in total. The van der Waals surface area contributed by atoms with Gasteiger partial charge in [-0.2, -0.15) is 0 Å². The van der Waals surface area contributed by atoms with Crippen molar-refractivity contribution in [2.45, 2.75) is 340 Å². The largest absolute Gasteiger partial charge is 0.394 e. The van der Waals surface area contributed by atoms with E-state index in [1.807, 2.05) is 6.08 Å². The standard InChI is InChI=1S/C61H117NO4/c1-3-5-7-9-11-13-15-17-19-21-23-25-27-28-29-30-31-32-33-34-36-38-40-42-44-46-48-50-52-54-58(64)56-61(66)62-59(57-63)60(65)55-53-51-49-47-45-43-41-39-37-35-26-24-22-20-18-16-14-12-10-8-6-4-2/h23,25,28-29,53,55,58-60,63-65H,3-22,24,26-27,30-52,54,56-57H2,1-2H3,(H,62,66)/b25-23-,29-28-,55-53+. The third kappa shape index (κ3) is 52.0. The molecule has 0 aromatic heterocycles. The Morgan fingerprint density at radius 1 is 0.394 bits per heavy atom. The molecule has 0 aromatic carbocycles. The number of carbonyl (C=O) groups is 1. The highest BCUT2D eigenvalue weighted by Crippen LogP contribution is 2.18. The summed E-state index contributed by atoms with van der Waals surface area (Å²) in [6, 6.07) is -0.745. The second-order valence-corrected chi connectivity index (χ2v) is 20.6. The predicted octanol–water partition coefficient (Wildman–Crippen LogP) is 18.6. The molecule has 0 spiro atoms. The van der Waals surface area contributed by atoms with Gasteiger partial charge in [0.1, 0.15) is 0 Å². The van der Waals surface area contributed by atoms with Crippen LogP contribution in [0.15, 0.2) is 36.5 Å². The zero-order chi connectivity index (χ0) is 47.9. The van der Waals surface area contributed by atoms with E-state index in [2.05, 4.69) is 43.5 Å². The zero-order valence-electron chi connectivity index (χ0n) is 44.6. The maximum atomic E-state index is 12.5. The highest BCUT2D eigenvalue weighted by molar-refractivity contribution is 5.76. The number of allylic oxidation sites excluding steroid dienone is 5. The Morgan fingerprint density at radius 3 is 1.00 bits per heavy atom. The van der Waals surface area contributed by atoms with Gasteiger partial charge in [0.05, 0.1) is 31.3 Å². The Balaban J connectivity index is 3.55. The van der Waals surface area contributed by atoms with Crippen molar-refractivity contribution in [1.82, 2.24) is 5.32 Å². The van der Waals surface area contributed by atoms with Crippen LogP contribution in [0.4, 0.5) is 0 Å². The first-order chi connectivity index (χ1) is 32.5. The molecule has 5 heteroatoms. The van der Waals surface area contributed by atoms with Gasteiger partial charge in [0, 0.05) is 0 Å². The van der Waals surface area contributed by atoms with E-state index in [1.54, 1.807) is 6.08 Å². The van der Waals surface area contributed by atoms with Crippen LogP contribution in [0.25, 0.3) is 0 Å². The van der Waals surface area contributed by atoms with Crippen molar-refractivity contribution in [3.05, 3.63) is 36.5 Å². The van der Waals surface area contributed by atoms with E-state index in [9.17, 15) is 20.1 Å². The average molecular weight is 929 g/mol. The van der Waals surface area contributed by atoms with Crippen LogP contribution in [-0.2, 0) is 4.79 Å². The number of aliphatic hydroxyl groups excluding tert-OH is 3. The Morgan fingerprint density at radius 2 is 0.682 bits per heavy atom. The molecule has 0 aliphatic carbocycles. The first-order valence-electron chi connectivity index (χ1n) is 29.8. The van der Waals surface area contributed by atoms with Crippen LogP contribution in [0.5, 0.6) is 0 Å². The molecule has 0 aliphatic rings. The van der Waals surface area contributed by atoms with Crippen LogP contribution in [0.3, 0.4) is 0 Å². The van der Waals surface area contributed by atoms with Crippen molar-refractivity contribution >= 4 is 5.91 Å². The summed E-state index contributed by atoms with van der Waals surface area (Å²) >= 11 is 0. The lowest BCUT2D eigenvalue weighted by molar-refractivity contribution is -0.124. The van der Waals surface area contributed by atoms with Crippen molar-refractivity contribution in [3.8, 4) is 0 Å². The Kier molecular flexibility index (Phi) is 54.9. The Bertz CT molecular complexity index is 1020. The summed E-state index contributed by atoms with van der Waals surface area (Å²) in [7, 11) is 0. The topological polar surface area (TPSA) is 89.8 Å². The van der Waals surface area contributed by atoms with Crippen molar-refractivity contribution in [2.75, 3.05) is 6.61 Å². The fraction of sp³-hybridized carbons (Fsp3) is 0.885. The second-order valence-electron chi connectivity index (χ2n) is 20.6. The third-order valence-electron chi connectivity index (χ3n) is 13.9. The van der Waals surface area contributed by atoms with Gasteiger partial charge in [-0.1, -0.05) is 301 Å². The van der Waals surface area contributed by atoms with Crippen molar-refractivity contribution < 1.29 is 20.1 Å². The molecule has 3 unspecified atom stereocenters. The van der Waals surface area contributed by atoms with Crippen molar-refractivity contribution in [2.24, 2.45) is 0 Å². The van der Waals surface area contributed by atoms with Gasteiger partial charge >= 0.3 is 0 Å². The first-order valence-corrected chi connectivity index (χ1v) is 29.8. The molecule has 390 valence electrons. The molecule has 0 fully saturated rings. The number of hydrogen-bond acceptors (Lipinski definition) is 4. The quantitative estimate of drug-likeness (QED) is 0.0361. The highest BCUT2D eigenvalue weighted by Gasteiger charge is 2.20. The van der Waals surface area contributed by atoms with Gasteiger partial charge in [-0.25, -0.2) is 0 Å². The van der Waals surface area contributed by atoms with Gasteiger partial charge in [-0.05, 0) is 51.4 Å². The normalized spacial score (nSPS) is 13.5. The number of rotatable bonds is 55. The lowest BCUT2D eigenvalue weighted by atomic mass is 10.0. The summed E-state index contributed by atoms with van der Waals surface area (Å²) in [5, 5.41) is 33.5. The number of amides is 1. The van der Waals surface area contributed by atoms with Crippen LogP contribution >= 0.6 is 0 Å². The fourth-order valence-corrected chi connectivity index (χ4v) is 9.37. The molecule has 0 aliphatic heterocycles. The molecule has 0 saturated heterocycles. The van der Waals surface area contributed by atoms with E-state index in [0.29, 0.717) is 6.42 Å². The highest BCUT2D eigenvalue weighted by atomic mass is 16.3. The molecule has 0 radical (unpaired) electrons.